The molecular weight excluding hydrogens is 610 g/mol. The average molecular weight is 652 g/mol. The third-order valence-corrected chi connectivity index (χ3v) is 10.1. The molecule has 4 aromatic rings. The number of nitrogens with zero attached hydrogens (tertiary/aromatic N) is 5. The van der Waals surface area contributed by atoms with Crippen molar-refractivity contribution in [1.82, 2.24) is 29.7 Å². The van der Waals surface area contributed by atoms with Gasteiger partial charge in [-0.15, -0.1) is 0 Å². The van der Waals surface area contributed by atoms with Crippen LogP contribution in [0.4, 0.5) is 10.5 Å². The Hall–Kier alpha value is -4.21. The Morgan fingerprint density at radius 3 is 2.64 bits per heavy atom. The number of piperazine rings is 1. The summed E-state index contributed by atoms with van der Waals surface area (Å²) >= 11 is 6.47. The number of fused-ring (bicyclic) bond motifs is 2. The molecule has 1 aliphatic heterocycles. The minimum Gasteiger partial charge on any atom is -0.335 e. The van der Waals surface area contributed by atoms with Crippen molar-refractivity contribution >= 4 is 29.2 Å². The second-order valence-corrected chi connectivity index (χ2v) is 13.6. The number of halogens is 1. The maximum Gasteiger partial charge on any atom is 0.318 e. The first kappa shape index (κ1) is 31.4. The van der Waals surface area contributed by atoms with E-state index >= 15 is 0 Å². The molecule has 0 radical (unpaired) electrons. The van der Waals surface area contributed by atoms with E-state index in [0.29, 0.717) is 36.9 Å². The molecule has 47 heavy (non-hydrogen) atoms. The second kappa shape index (κ2) is 13.9. The molecule has 2 fully saturated rings. The molecule has 3 amide bonds. The van der Waals surface area contributed by atoms with Crippen molar-refractivity contribution in [3.8, 4) is 0 Å². The summed E-state index contributed by atoms with van der Waals surface area (Å²) in [5, 5.41) is 7.15. The van der Waals surface area contributed by atoms with Gasteiger partial charge < -0.3 is 20.1 Å². The van der Waals surface area contributed by atoms with E-state index < -0.39 is 6.04 Å². The molecule has 7 rings (SSSR count). The van der Waals surface area contributed by atoms with Gasteiger partial charge in [0.25, 0.3) is 0 Å². The number of benzene rings is 2. The first-order valence-electron chi connectivity index (χ1n) is 16.8. The topological polar surface area (TPSA) is 95.4 Å². The van der Waals surface area contributed by atoms with Crippen LogP contribution in [0.5, 0.6) is 0 Å². The zero-order valence-corrected chi connectivity index (χ0v) is 27.6. The minimum absolute atomic E-state index is 0.149. The third kappa shape index (κ3) is 7.06. The van der Waals surface area contributed by atoms with E-state index in [0.717, 1.165) is 61.0 Å². The molecule has 0 bridgehead atoms. The van der Waals surface area contributed by atoms with Gasteiger partial charge in [0, 0.05) is 55.3 Å². The molecule has 1 saturated heterocycles. The fourth-order valence-corrected chi connectivity index (χ4v) is 7.70. The lowest BCUT2D eigenvalue weighted by Gasteiger charge is -2.44. The summed E-state index contributed by atoms with van der Waals surface area (Å²) in [5.41, 5.74) is 7.28. The van der Waals surface area contributed by atoms with Crippen LogP contribution in [0.15, 0.2) is 73.3 Å². The molecule has 0 unspecified atom stereocenters. The summed E-state index contributed by atoms with van der Waals surface area (Å²) in [6.07, 6.45) is 12.8. The molecule has 2 atom stereocenters. The summed E-state index contributed by atoms with van der Waals surface area (Å²) in [5.74, 6) is -0.199. The number of nitrogens with one attached hydrogen (secondary N) is 2. The minimum atomic E-state index is -0.696. The van der Waals surface area contributed by atoms with Gasteiger partial charge in [-0.3, -0.25) is 14.7 Å². The zero-order chi connectivity index (χ0) is 32.3. The van der Waals surface area contributed by atoms with Crippen LogP contribution in [0.1, 0.15) is 71.8 Å². The molecule has 3 aliphatic rings. The molecular formula is C37H42ClN7O2. The smallest absolute Gasteiger partial charge is 0.318 e. The van der Waals surface area contributed by atoms with Gasteiger partial charge >= 0.3 is 6.03 Å². The lowest BCUT2D eigenvalue weighted by atomic mass is 9.94. The van der Waals surface area contributed by atoms with Gasteiger partial charge in [-0.25, -0.2) is 9.78 Å². The Labute approximate surface area is 281 Å². The normalized spacial score (nSPS) is 20.2. The summed E-state index contributed by atoms with van der Waals surface area (Å²) in [4.78, 5) is 41.4. The van der Waals surface area contributed by atoms with Gasteiger partial charge in [-0.05, 0) is 85.2 Å². The third-order valence-electron chi connectivity index (χ3n) is 9.84. The van der Waals surface area contributed by atoms with E-state index in [1.54, 1.807) is 4.90 Å². The van der Waals surface area contributed by atoms with Gasteiger partial charge in [-0.2, -0.15) is 0 Å². The Morgan fingerprint density at radius 2 is 1.81 bits per heavy atom. The standard InChI is InChI=1S/C37H42ClN7O2/c1-25-21-43(24-40-25)22-26-7-5-11-31(19-26)41-36(46)33-23-44(17-18-45(33)37(47)42-30-9-3-2-4-10-30)35-32-15-14-29(38)20-28(32)13-12-27-8-6-16-39-34(27)35/h5-8,11,14-16,19-21,24,30,33,35H,2-4,9-10,12-13,17-18,22-23H2,1H3,(H,41,46)(H,42,47)/t33-,35+/m1/s1. The highest BCUT2D eigenvalue weighted by Gasteiger charge is 2.40. The molecule has 0 spiro atoms. The van der Waals surface area contributed by atoms with Crippen LogP contribution in [0, 0.1) is 6.92 Å². The number of carbonyl (C=O) groups excluding carboxylic acids is 2. The van der Waals surface area contributed by atoms with Crippen LogP contribution in [-0.2, 0) is 24.2 Å². The summed E-state index contributed by atoms with van der Waals surface area (Å²) in [6.45, 7) is 4.03. The lowest BCUT2D eigenvalue weighted by Crippen LogP contribution is -2.62. The fourth-order valence-electron chi connectivity index (χ4n) is 7.50. The highest BCUT2D eigenvalue weighted by Crippen LogP contribution is 2.38. The fraction of sp³-hybridized carbons (Fsp3) is 0.405. The van der Waals surface area contributed by atoms with Crippen molar-refractivity contribution in [3.63, 3.8) is 0 Å². The van der Waals surface area contributed by atoms with Crippen molar-refractivity contribution < 1.29 is 9.59 Å². The number of amides is 3. The predicted octanol–water partition coefficient (Wildman–Crippen LogP) is 6.14. The highest BCUT2D eigenvalue weighted by atomic mass is 35.5. The van der Waals surface area contributed by atoms with Gasteiger partial charge in [0.15, 0.2) is 0 Å². The lowest BCUT2D eigenvalue weighted by molar-refractivity contribution is -0.122. The average Bonchev–Trinajstić information content (AvgIpc) is 3.41. The van der Waals surface area contributed by atoms with Gasteiger partial charge in [0.1, 0.15) is 6.04 Å². The molecule has 1 saturated carbocycles. The number of aromatic nitrogens is 3. The van der Waals surface area contributed by atoms with E-state index in [1.165, 1.54) is 17.5 Å². The molecule has 10 heteroatoms. The van der Waals surface area contributed by atoms with Gasteiger partial charge in [0.2, 0.25) is 5.91 Å². The summed E-state index contributed by atoms with van der Waals surface area (Å²) < 4.78 is 2.02. The van der Waals surface area contributed by atoms with Crippen LogP contribution >= 0.6 is 11.6 Å². The SMILES string of the molecule is Cc1cn(Cc2cccc(NC(=O)[C@H]3CN([C@H]4c5ccc(Cl)cc5CCc5cccnc54)CCN3C(=O)NC3CCCCC3)c2)cn1. The van der Waals surface area contributed by atoms with Crippen LogP contribution in [0.2, 0.25) is 5.02 Å². The molecule has 2 aliphatic carbocycles. The van der Waals surface area contributed by atoms with Gasteiger partial charge in [-0.1, -0.05) is 55.1 Å². The van der Waals surface area contributed by atoms with Crippen LogP contribution in [-0.4, -0.2) is 68.0 Å². The van der Waals surface area contributed by atoms with Gasteiger partial charge in [0.05, 0.1) is 23.8 Å². The van der Waals surface area contributed by atoms with Crippen LogP contribution in [0.3, 0.4) is 0 Å². The number of hydrogen-bond acceptors (Lipinski definition) is 5. The van der Waals surface area contributed by atoms with E-state index in [2.05, 4.69) is 38.7 Å². The number of hydrogen-bond donors (Lipinski definition) is 2. The van der Waals surface area contributed by atoms with Crippen LogP contribution in [0.25, 0.3) is 0 Å². The largest absolute Gasteiger partial charge is 0.335 e. The van der Waals surface area contributed by atoms with E-state index in [4.69, 9.17) is 16.6 Å². The molecule has 9 nitrogen and oxygen atoms in total. The van der Waals surface area contributed by atoms with E-state index in [1.807, 2.05) is 66.6 Å². The number of rotatable bonds is 6. The summed E-state index contributed by atoms with van der Waals surface area (Å²) in [6, 6.07) is 17.3. The number of imidazole rings is 1. The Balaban J connectivity index is 1.18. The Kier molecular flexibility index (Phi) is 9.27. The maximum absolute atomic E-state index is 14.3. The van der Waals surface area contributed by atoms with Crippen LogP contribution < -0.4 is 10.6 Å². The van der Waals surface area contributed by atoms with E-state index in [9.17, 15) is 9.59 Å². The van der Waals surface area contributed by atoms with Crippen molar-refractivity contribution in [1.29, 1.82) is 0 Å². The molecule has 3 heterocycles. The first-order valence-corrected chi connectivity index (χ1v) is 17.2. The number of aryl methyl sites for hydroxylation is 3. The highest BCUT2D eigenvalue weighted by molar-refractivity contribution is 6.30. The number of pyridine rings is 1. The number of carbonyl (C=O) groups is 2. The molecule has 2 N–H and O–H groups in total. The predicted molar refractivity (Wildman–Crippen MR) is 184 cm³/mol. The van der Waals surface area contributed by atoms with E-state index in [-0.39, 0.29) is 24.0 Å². The monoisotopic (exact) mass is 651 g/mol. The summed E-state index contributed by atoms with van der Waals surface area (Å²) in [7, 11) is 0. The van der Waals surface area contributed by atoms with Crippen molar-refractivity contribution in [2.75, 3.05) is 25.0 Å². The zero-order valence-electron chi connectivity index (χ0n) is 26.9. The second-order valence-electron chi connectivity index (χ2n) is 13.2. The Morgan fingerprint density at radius 1 is 0.957 bits per heavy atom. The number of urea groups is 1. The number of anilines is 1. The van der Waals surface area contributed by atoms with Crippen molar-refractivity contribution in [2.24, 2.45) is 0 Å². The molecule has 244 valence electrons. The molecule has 2 aromatic carbocycles. The quantitative estimate of drug-likeness (QED) is 0.261. The molecule has 2 aromatic heterocycles. The maximum atomic E-state index is 14.3. The van der Waals surface area contributed by atoms with Crippen molar-refractivity contribution in [2.45, 2.75) is 76.5 Å². The Bertz CT molecular complexity index is 1750. The first-order chi connectivity index (χ1) is 22.9. The van der Waals surface area contributed by atoms with Crippen molar-refractivity contribution in [3.05, 3.63) is 112 Å².